The smallest absolute Gasteiger partial charge is 0.228 e. The van der Waals surface area contributed by atoms with E-state index in [0.29, 0.717) is 11.8 Å². The lowest BCUT2D eigenvalue weighted by Crippen LogP contribution is -2.58. The summed E-state index contributed by atoms with van der Waals surface area (Å²) in [6.07, 6.45) is 17.8. The molecule has 8 bridgehead atoms. The van der Waals surface area contributed by atoms with Gasteiger partial charge in [-0.05, 0) is 125 Å². The molecule has 0 aromatic carbocycles. The fourth-order valence-electron chi connectivity index (χ4n) is 10.6. The van der Waals surface area contributed by atoms with E-state index in [1.54, 1.807) is 0 Å². The second-order valence-corrected chi connectivity index (χ2v) is 13.6. The summed E-state index contributed by atoms with van der Waals surface area (Å²) in [5.74, 6) is 5.96. The van der Waals surface area contributed by atoms with Crippen molar-refractivity contribution < 1.29 is 9.59 Å². The summed E-state index contributed by atoms with van der Waals surface area (Å²) in [5, 5.41) is 0. The van der Waals surface area contributed by atoms with Gasteiger partial charge in [0.15, 0.2) is 0 Å². The van der Waals surface area contributed by atoms with E-state index in [1.165, 1.54) is 51.4 Å². The van der Waals surface area contributed by atoms with Gasteiger partial charge in [-0.2, -0.15) is 0 Å². The average molecular weight is 439 g/mol. The Hall–Kier alpha value is -1.06. The van der Waals surface area contributed by atoms with Crippen LogP contribution in [0.2, 0.25) is 0 Å². The molecular formula is C28H42N2O2. The highest BCUT2D eigenvalue weighted by atomic mass is 16.2. The first-order valence-corrected chi connectivity index (χ1v) is 14.1. The van der Waals surface area contributed by atoms with Crippen LogP contribution in [0.15, 0.2) is 0 Å². The third-order valence-electron chi connectivity index (χ3n) is 11.5. The van der Waals surface area contributed by atoms with Crippen molar-refractivity contribution >= 4 is 11.8 Å². The number of rotatable bonds is 2. The molecule has 2 amide bonds. The van der Waals surface area contributed by atoms with Crippen LogP contribution in [0.5, 0.6) is 0 Å². The SMILES string of the molecule is O=C(N1CCN(C(=O)C23CCC4C[C@H](C[C@H](C4)C2)C3)CC1)C12CCC3C[C@H](C[C@H](C3)C1)C2. The molecule has 4 unspecified atom stereocenters. The Labute approximate surface area is 193 Å². The minimum absolute atomic E-state index is 0.0530. The lowest BCUT2D eigenvalue weighted by atomic mass is 9.61. The standard InChI is InChI=1S/C28H42N2O2/c31-25(27-3-1-19-9-21(15-27)13-22(10-19)16-27)29-5-7-30(8-6-29)26(32)28-4-2-20-11-23(17-28)14-24(12-20)18-28/h19-24H,1-18H2/t19?,20?,21-,22+,23-,24+,27?,28?. The fraction of sp³-hybridized carbons (Fsp3) is 0.929. The van der Waals surface area contributed by atoms with E-state index in [4.69, 9.17) is 0 Å². The Morgan fingerprint density at radius 3 is 1.16 bits per heavy atom. The van der Waals surface area contributed by atoms with Gasteiger partial charge in [0.2, 0.25) is 11.8 Å². The zero-order chi connectivity index (χ0) is 21.5. The van der Waals surface area contributed by atoms with Crippen molar-refractivity contribution in [2.75, 3.05) is 26.2 Å². The second-order valence-electron chi connectivity index (χ2n) is 13.6. The van der Waals surface area contributed by atoms with Crippen molar-refractivity contribution in [2.45, 2.75) is 89.9 Å². The van der Waals surface area contributed by atoms with Crippen molar-refractivity contribution in [1.29, 1.82) is 0 Å². The van der Waals surface area contributed by atoms with Crippen LogP contribution >= 0.6 is 0 Å². The van der Waals surface area contributed by atoms with E-state index in [9.17, 15) is 9.59 Å². The van der Waals surface area contributed by atoms with Crippen LogP contribution in [0.25, 0.3) is 0 Å². The third kappa shape index (κ3) is 3.13. The number of hydrogen-bond acceptors (Lipinski definition) is 2. The quantitative estimate of drug-likeness (QED) is 0.617. The second kappa shape index (κ2) is 7.22. The first kappa shape index (κ1) is 20.3. The monoisotopic (exact) mass is 438 g/mol. The molecule has 0 aromatic heterocycles. The topological polar surface area (TPSA) is 40.6 Å². The van der Waals surface area contributed by atoms with Crippen LogP contribution < -0.4 is 0 Å². The van der Waals surface area contributed by atoms with Gasteiger partial charge in [-0.1, -0.05) is 0 Å². The zero-order valence-corrected chi connectivity index (χ0v) is 19.9. The minimum Gasteiger partial charge on any atom is -0.339 e. The Morgan fingerprint density at radius 2 is 0.812 bits per heavy atom. The summed E-state index contributed by atoms with van der Waals surface area (Å²) in [4.78, 5) is 32.1. The molecule has 1 heterocycles. The van der Waals surface area contributed by atoms with Crippen LogP contribution in [-0.4, -0.2) is 47.8 Å². The van der Waals surface area contributed by atoms with Gasteiger partial charge in [-0.15, -0.1) is 0 Å². The largest absolute Gasteiger partial charge is 0.339 e. The molecule has 0 N–H and O–H groups in total. The van der Waals surface area contributed by atoms with Crippen LogP contribution in [0.3, 0.4) is 0 Å². The highest BCUT2D eigenvalue weighted by molar-refractivity contribution is 5.85. The Morgan fingerprint density at radius 1 is 0.500 bits per heavy atom. The molecular weight excluding hydrogens is 396 g/mol. The van der Waals surface area contributed by atoms with Gasteiger partial charge in [0.25, 0.3) is 0 Å². The molecule has 8 aliphatic carbocycles. The van der Waals surface area contributed by atoms with Gasteiger partial charge < -0.3 is 9.80 Å². The number of carbonyl (C=O) groups excluding carboxylic acids is 2. The molecule has 32 heavy (non-hydrogen) atoms. The van der Waals surface area contributed by atoms with E-state index in [1.807, 2.05) is 0 Å². The van der Waals surface area contributed by atoms with Crippen LogP contribution in [-0.2, 0) is 9.59 Å². The van der Waals surface area contributed by atoms with Gasteiger partial charge in [0.1, 0.15) is 0 Å². The number of carbonyl (C=O) groups is 2. The first-order chi connectivity index (χ1) is 15.5. The van der Waals surface area contributed by atoms with Crippen LogP contribution in [0.4, 0.5) is 0 Å². The lowest BCUT2D eigenvalue weighted by molar-refractivity contribution is -0.156. The predicted molar refractivity (Wildman–Crippen MR) is 124 cm³/mol. The number of nitrogens with zero attached hydrogens (tertiary/aromatic N) is 2. The van der Waals surface area contributed by atoms with Crippen molar-refractivity contribution in [3.63, 3.8) is 0 Å². The van der Waals surface area contributed by atoms with Gasteiger partial charge in [-0.3, -0.25) is 9.59 Å². The van der Waals surface area contributed by atoms with Crippen LogP contribution in [0.1, 0.15) is 89.9 Å². The molecule has 9 aliphatic rings. The maximum atomic E-state index is 13.9. The normalized spacial score (nSPS) is 49.2. The molecule has 8 saturated carbocycles. The number of amides is 2. The maximum Gasteiger partial charge on any atom is 0.228 e. The van der Waals surface area contributed by atoms with Crippen LogP contribution in [0, 0.1) is 46.3 Å². The summed E-state index contributed by atoms with van der Waals surface area (Å²) in [5.41, 5.74) is -0.106. The summed E-state index contributed by atoms with van der Waals surface area (Å²) in [6.45, 7) is 3.10. The maximum absolute atomic E-state index is 13.9. The fourth-order valence-corrected chi connectivity index (χ4v) is 10.6. The average Bonchev–Trinajstić information content (AvgIpc) is 3.13. The summed E-state index contributed by atoms with van der Waals surface area (Å²) in [6, 6.07) is 0. The third-order valence-corrected chi connectivity index (χ3v) is 11.5. The van der Waals surface area contributed by atoms with E-state index < -0.39 is 0 Å². The Kier molecular flexibility index (Phi) is 4.58. The van der Waals surface area contributed by atoms with Crippen molar-refractivity contribution in [2.24, 2.45) is 46.3 Å². The molecule has 8 atom stereocenters. The molecule has 4 nitrogen and oxygen atoms in total. The number of fused-ring (bicyclic) bond motifs is 2. The molecule has 0 spiro atoms. The summed E-state index contributed by atoms with van der Waals surface area (Å²) < 4.78 is 0. The zero-order valence-electron chi connectivity index (χ0n) is 19.9. The van der Waals surface area contributed by atoms with Gasteiger partial charge in [0.05, 0.1) is 0 Å². The first-order valence-electron chi connectivity index (χ1n) is 14.1. The molecule has 0 aromatic rings. The van der Waals surface area contributed by atoms with E-state index >= 15 is 0 Å². The van der Waals surface area contributed by atoms with E-state index in [0.717, 1.165) is 100 Å². The summed E-state index contributed by atoms with van der Waals surface area (Å²) in [7, 11) is 0. The molecule has 4 heteroatoms. The van der Waals surface area contributed by atoms with Crippen molar-refractivity contribution in [3.05, 3.63) is 0 Å². The molecule has 9 rings (SSSR count). The minimum atomic E-state index is -0.0530. The van der Waals surface area contributed by atoms with Gasteiger partial charge >= 0.3 is 0 Å². The molecule has 9 fully saturated rings. The van der Waals surface area contributed by atoms with Gasteiger partial charge in [0, 0.05) is 37.0 Å². The highest BCUT2D eigenvalue weighted by Gasteiger charge is 2.54. The molecule has 1 saturated heterocycles. The molecule has 0 radical (unpaired) electrons. The Balaban J connectivity index is 1.04. The lowest BCUT2D eigenvalue weighted by Gasteiger charge is -2.49. The van der Waals surface area contributed by atoms with Crippen molar-refractivity contribution in [3.8, 4) is 0 Å². The Bertz CT molecular complexity index is 705. The van der Waals surface area contributed by atoms with E-state index in [2.05, 4.69) is 9.80 Å². The van der Waals surface area contributed by atoms with E-state index in [-0.39, 0.29) is 10.8 Å². The molecule has 1 aliphatic heterocycles. The van der Waals surface area contributed by atoms with Crippen molar-refractivity contribution in [1.82, 2.24) is 9.80 Å². The molecule has 176 valence electrons. The predicted octanol–water partition coefficient (Wildman–Crippen LogP) is 4.87. The summed E-state index contributed by atoms with van der Waals surface area (Å²) >= 11 is 0. The highest BCUT2D eigenvalue weighted by Crippen LogP contribution is 2.59. The van der Waals surface area contributed by atoms with Gasteiger partial charge in [-0.25, -0.2) is 0 Å². The number of piperazine rings is 1. The number of hydrogen-bond donors (Lipinski definition) is 0.